The number of fused-ring (bicyclic) bond motifs is 1. The van der Waals surface area contributed by atoms with Gasteiger partial charge < -0.3 is 4.90 Å². The highest BCUT2D eigenvalue weighted by Gasteiger charge is 2.37. The summed E-state index contributed by atoms with van der Waals surface area (Å²) in [5.41, 5.74) is 6.03. The van der Waals surface area contributed by atoms with Gasteiger partial charge in [-0.2, -0.15) is 0 Å². The highest BCUT2D eigenvalue weighted by atomic mass is 16.1. The topological polar surface area (TPSA) is 32.7 Å². The molecule has 27 heavy (non-hydrogen) atoms. The van der Waals surface area contributed by atoms with E-state index in [1.165, 1.54) is 16.9 Å². The Hall–Kier alpha value is -2.94. The summed E-state index contributed by atoms with van der Waals surface area (Å²) in [6, 6.07) is 18.2. The Morgan fingerprint density at radius 1 is 0.963 bits per heavy atom. The molecule has 0 amide bonds. The number of rotatable bonds is 2. The normalized spacial score (nSPS) is 22.9. The quantitative estimate of drug-likeness (QED) is 0.679. The van der Waals surface area contributed by atoms with Crippen LogP contribution in [0.25, 0.3) is 0 Å². The second-order valence-corrected chi connectivity index (χ2v) is 7.67. The van der Waals surface area contributed by atoms with E-state index in [0.717, 1.165) is 17.7 Å². The second kappa shape index (κ2) is 6.66. The molecule has 0 radical (unpaired) electrons. The standard InChI is InChI=1S/C24H24N2O/c1-24(2)19-11-7-8-12-21(19)26(3)22(24)16-14-17-13-15-20(23(17)27)25-18-9-5-4-6-10-18/h4-12,14,16H,13,15H2,1-3H3/b17-14+,22-16+,25-20?. The van der Waals surface area contributed by atoms with E-state index in [-0.39, 0.29) is 11.2 Å². The van der Waals surface area contributed by atoms with Crippen LogP contribution in [0.3, 0.4) is 0 Å². The molecule has 0 saturated heterocycles. The van der Waals surface area contributed by atoms with Crippen molar-refractivity contribution in [1.29, 1.82) is 0 Å². The maximum Gasteiger partial charge on any atom is 0.203 e. The van der Waals surface area contributed by atoms with Crippen molar-refractivity contribution >= 4 is 22.9 Å². The molecule has 2 aromatic carbocycles. The first-order chi connectivity index (χ1) is 13.0. The zero-order chi connectivity index (χ0) is 19.0. The van der Waals surface area contributed by atoms with Gasteiger partial charge in [0.15, 0.2) is 0 Å². The lowest BCUT2D eigenvalue weighted by atomic mass is 9.83. The first kappa shape index (κ1) is 17.5. The van der Waals surface area contributed by atoms with E-state index in [1.807, 2.05) is 36.4 Å². The van der Waals surface area contributed by atoms with E-state index in [4.69, 9.17) is 0 Å². The van der Waals surface area contributed by atoms with Crippen molar-refractivity contribution in [2.75, 3.05) is 11.9 Å². The van der Waals surface area contributed by atoms with Gasteiger partial charge in [-0.25, -0.2) is 4.99 Å². The molecule has 1 heterocycles. The average molecular weight is 356 g/mol. The molecule has 0 unspecified atom stereocenters. The fourth-order valence-corrected chi connectivity index (χ4v) is 4.07. The van der Waals surface area contributed by atoms with Crippen molar-refractivity contribution in [2.24, 2.45) is 4.99 Å². The molecule has 1 fully saturated rings. The smallest absolute Gasteiger partial charge is 0.203 e. The maximum absolute atomic E-state index is 12.7. The number of allylic oxidation sites excluding steroid dienone is 4. The zero-order valence-corrected chi connectivity index (χ0v) is 16.1. The van der Waals surface area contributed by atoms with Crippen LogP contribution >= 0.6 is 0 Å². The molecule has 3 heteroatoms. The molecular formula is C24H24N2O. The Kier molecular flexibility index (Phi) is 4.31. The van der Waals surface area contributed by atoms with Gasteiger partial charge in [-0.15, -0.1) is 0 Å². The Labute approximate surface area is 160 Å². The second-order valence-electron chi connectivity index (χ2n) is 7.67. The van der Waals surface area contributed by atoms with Crippen LogP contribution in [0.5, 0.6) is 0 Å². The summed E-state index contributed by atoms with van der Waals surface area (Å²) in [5.74, 6) is 0.0756. The fourth-order valence-electron chi connectivity index (χ4n) is 4.07. The number of hydrogen-bond donors (Lipinski definition) is 0. The van der Waals surface area contributed by atoms with E-state index >= 15 is 0 Å². The number of carbonyl (C=O) groups excluding carboxylic acids is 1. The van der Waals surface area contributed by atoms with E-state index in [2.05, 4.69) is 61.1 Å². The van der Waals surface area contributed by atoms with Gasteiger partial charge in [-0.05, 0) is 42.7 Å². The van der Waals surface area contributed by atoms with Crippen molar-refractivity contribution < 1.29 is 4.79 Å². The van der Waals surface area contributed by atoms with Crippen LogP contribution < -0.4 is 4.90 Å². The minimum absolute atomic E-state index is 0.0756. The summed E-state index contributed by atoms with van der Waals surface area (Å²) < 4.78 is 0. The number of Topliss-reactive ketones (excluding diaryl/α,β-unsaturated/α-hetero) is 1. The van der Waals surface area contributed by atoms with E-state index < -0.39 is 0 Å². The van der Waals surface area contributed by atoms with Crippen molar-refractivity contribution in [1.82, 2.24) is 0 Å². The molecule has 0 atom stereocenters. The van der Waals surface area contributed by atoms with Crippen molar-refractivity contribution in [2.45, 2.75) is 32.1 Å². The molecule has 2 aromatic rings. The minimum atomic E-state index is -0.0784. The molecule has 2 aliphatic rings. The van der Waals surface area contributed by atoms with Crippen LogP contribution in [0.1, 0.15) is 32.3 Å². The molecule has 0 spiro atoms. The Balaban J connectivity index is 1.62. The largest absolute Gasteiger partial charge is 0.347 e. The van der Waals surface area contributed by atoms with Gasteiger partial charge in [0.2, 0.25) is 5.78 Å². The van der Waals surface area contributed by atoms with Crippen molar-refractivity contribution in [3.8, 4) is 0 Å². The van der Waals surface area contributed by atoms with E-state index in [0.29, 0.717) is 12.1 Å². The highest BCUT2D eigenvalue weighted by Crippen LogP contribution is 2.46. The van der Waals surface area contributed by atoms with Gasteiger partial charge in [0.05, 0.1) is 11.4 Å². The number of hydrogen-bond acceptors (Lipinski definition) is 3. The van der Waals surface area contributed by atoms with Crippen LogP contribution in [-0.2, 0) is 10.2 Å². The lowest BCUT2D eigenvalue weighted by Gasteiger charge is -2.23. The molecule has 1 aliphatic heterocycles. The highest BCUT2D eigenvalue weighted by molar-refractivity contribution is 6.48. The van der Waals surface area contributed by atoms with Crippen LogP contribution in [0.2, 0.25) is 0 Å². The van der Waals surface area contributed by atoms with Gasteiger partial charge in [0.25, 0.3) is 0 Å². The molecule has 3 nitrogen and oxygen atoms in total. The zero-order valence-electron chi connectivity index (χ0n) is 16.1. The van der Waals surface area contributed by atoms with Crippen LogP contribution in [0.15, 0.2) is 83.0 Å². The summed E-state index contributed by atoms with van der Waals surface area (Å²) >= 11 is 0. The van der Waals surface area contributed by atoms with Crippen molar-refractivity contribution in [3.63, 3.8) is 0 Å². The molecular weight excluding hydrogens is 332 g/mol. The number of para-hydroxylation sites is 2. The summed E-state index contributed by atoms with van der Waals surface area (Å²) in [7, 11) is 2.09. The molecule has 0 N–H and O–H groups in total. The Morgan fingerprint density at radius 2 is 1.67 bits per heavy atom. The monoisotopic (exact) mass is 356 g/mol. The maximum atomic E-state index is 12.7. The number of nitrogens with zero attached hydrogens (tertiary/aromatic N) is 2. The first-order valence-electron chi connectivity index (χ1n) is 9.40. The predicted molar refractivity (Wildman–Crippen MR) is 112 cm³/mol. The Bertz CT molecular complexity index is 980. The first-order valence-corrected chi connectivity index (χ1v) is 9.40. The number of benzene rings is 2. The third-order valence-corrected chi connectivity index (χ3v) is 5.59. The van der Waals surface area contributed by atoms with Crippen LogP contribution in [0.4, 0.5) is 11.4 Å². The minimum Gasteiger partial charge on any atom is -0.347 e. The Morgan fingerprint density at radius 3 is 2.41 bits per heavy atom. The summed E-state index contributed by atoms with van der Waals surface area (Å²) in [5, 5.41) is 0. The lowest BCUT2D eigenvalue weighted by Crippen LogP contribution is -2.22. The molecule has 136 valence electrons. The molecule has 1 saturated carbocycles. The molecule has 0 bridgehead atoms. The van der Waals surface area contributed by atoms with Crippen LogP contribution in [-0.4, -0.2) is 18.5 Å². The molecule has 4 rings (SSSR count). The van der Waals surface area contributed by atoms with E-state index in [9.17, 15) is 4.79 Å². The van der Waals surface area contributed by atoms with Gasteiger partial charge in [0, 0.05) is 29.4 Å². The average Bonchev–Trinajstić information content (AvgIpc) is 3.11. The van der Waals surface area contributed by atoms with Gasteiger partial charge in [0.1, 0.15) is 0 Å². The third-order valence-electron chi connectivity index (χ3n) is 5.59. The van der Waals surface area contributed by atoms with Gasteiger partial charge in [-0.3, -0.25) is 4.79 Å². The van der Waals surface area contributed by atoms with Crippen molar-refractivity contribution in [3.05, 3.63) is 83.6 Å². The number of carbonyl (C=O) groups is 1. The number of anilines is 1. The summed E-state index contributed by atoms with van der Waals surface area (Å²) in [6.07, 6.45) is 5.57. The number of ketones is 1. The molecule has 1 aliphatic carbocycles. The molecule has 0 aromatic heterocycles. The lowest BCUT2D eigenvalue weighted by molar-refractivity contribution is -0.109. The van der Waals surface area contributed by atoms with Gasteiger partial charge >= 0.3 is 0 Å². The SMILES string of the molecule is CN1/C(=C/C=C2\CCC(=Nc3ccccc3)C2=O)C(C)(C)c2ccccc21. The number of likely N-dealkylation sites (N-methyl/N-ethyl adjacent to an activating group) is 1. The van der Waals surface area contributed by atoms with Crippen LogP contribution in [0, 0.1) is 0 Å². The summed E-state index contributed by atoms with van der Waals surface area (Å²) in [4.78, 5) is 19.5. The van der Waals surface area contributed by atoms with Gasteiger partial charge in [-0.1, -0.05) is 56.3 Å². The van der Waals surface area contributed by atoms with E-state index in [1.54, 1.807) is 0 Å². The summed E-state index contributed by atoms with van der Waals surface area (Å²) in [6.45, 7) is 4.47. The predicted octanol–water partition coefficient (Wildman–Crippen LogP) is 5.36. The third kappa shape index (κ3) is 3.03. The number of aliphatic imine (C=N–C) groups is 1. The fraction of sp³-hybridized carbons (Fsp3) is 0.250.